The van der Waals surface area contributed by atoms with Crippen LogP contribution in [-0.4, -0.2) is 35.3 Å². The van der Waals surface area contributed by atoms with Crippen LogP contribution >= 0.6 is 23.2 Å². The summed E-state index contributed by atoms with van der Waals surface area (Å²) in [7, 11) is 0. The third-order valence-electron chi connectivity index (χ3n) is 6.70. The minimum absolute atomic E-state index is 0.167. The molecule has 2 aromatic carbocycles. The Morgan fingerprint density at radius 2 is 1.79 bits per heavy atom. The summed E-state index contributed by atoms with van der Waals surface area (Å²) in [4.78, 5) is 18.1. The van der Waals surface area contributed by atoms with Gasteiger partial charge in [-0.1, -0.05) is 66.4 Å². The number of aromatic nitrogens is 1. The lowest BCUT2D eigenvalue weighted by atomic mass is 9.89. The lowest BCUT2D eigenvalue weighted by Crippen LogP contribution is -2.33. The molecular weight excluding hydrogens is 451 g/mol. The number of nitrogens with zero attached hydrogens (tertiary/aromatic N) is 1. The molecule has 1 aromatic heterocycles. The second-order valence-electron chi connectivity index (χ2n) is 9.04. The number of ketones is 1. The number of hydrogen-bond acceptors (Lipinski definition) is 2. The molecule has 1 aliphatic rings. The molecular formula is C28H32Cl2N2O. The van der Waals surface area contributed by atoms with Gasteiger partial charge in [-0.05, 0) is 86.6 Å². The molecule has 1 saturated heterocycles. The Kier molecular flexibility index (Phi) is 8.66. The van der Waals surface area contributed by atoms with Crippen molar-refractivity contribution in [3.8, 4) is 0 Å². The highest BCUT2D eigenvalue weighted by molar-refractivity contribution is 6.42. The first kappa shape index (κ1) is 24.1. The van der Waals surface area contributed by atoms with E-state index in [9.17, 15) is 4.79 Å². The van der Waals surface area contributed by atoms with E-state index in [1.54, 1.807) is 18.2 Å². The number of unbranched alkanes of at least 4 members (excludes halogenated alkanes) is 3. The molecule has 1 fully saturated rings. The minimum atomic E-state index is 0.167. The second kappa shape index (κ2) is 11.9. The average molecular weight is 483 g/mol. The largest absolute Gasteiger partial charge is 0.361 e. The highest BCUT2D eigenvalue weighted by Gasteiger charge is 2.22. The van der Waals surface area contributed by atoms with Gasteiger partial charge in [0.15, 0.2) is 5.78 Å². The standard InChI is InChI=1S/C28H32Cl2N2O/c29-26-13-11-21(19-27(26)30)10-12-23(33)7-3-1-2-6-16-32-17-14-22(15-18-32)25-20-31-28-9-5-4-8-24(25)28/h4-5,8-13,19-20,22,31H,1-3,6-7,14-18H2/b12-10+. The van der Waals surface area contributed by atoms with Gasteiger partial charge in [0.05, 0.1) is 10.0 Å². The highest BCUT2D eigenvalue weighted by atomic mass is 35.5. The molecule has 0 atom stereocenters. The molecule has 3 nitrogen and oxygen atoms in total. The van der Waals surface area contributed by atoms with Gasteiger partial charge in [0.25, 0.3) is 0 Å². The number of carbonyl (C=O) groups excluding carboxylic acids is 1. The molecule has 5 heteroatoms. The Morgan fingerprint density at radius 3 is 2.61 bits per heavy atom. The molecule has 1 aliphatic heterocycles. The van der Waals surface area contributed by atoms with Crippen molar-refractivity contribution < 1.29 is 4.79 Å². The van der Waals surface area contributed by atoms with Gasteiger partial charge in [-0.15, -0.1) is 0 Å². The number of carbonyl (C=O) groups is 1. The third kappa shape index (κ3) is 6.72. The topological polar surface area (TPSA) is 36.1 Å². The van der Waals surface area contributed by atoms with Gasteiger partial charge in [0, 0.05) is 23.5 Å². The molecule has 0 bridgehead atoms. The van der Waals surface area contributed by atoms with Crippen LogP contribution in [-0.2, 0) is 4.79 Å². The van der Waals surface area contributed by atoms with Gasteiger partial charge in [0.2, 0.25) is 0 Å². The van der Waals surface area contributed by atoms with Crippen LogP contribution in [0.2, 0.25) is 10.0 Å². The number of fused-ring (bicyclic) bond motifs is 1. The Morgan fingerprint density at radius 1 is 1.00 bits per heavy atom. The number of likely N-dealkylation sites (tertiary alicyclic amines) is 1. The van der Waals surface area contributed by atoms with Crippen LogP contribution in [0.5, 0.6) is 0 Å². The first-order valence-electron chi connectivity index (χ1n) is 12.0. The van der Waals surface area contributed by atoms with E-state index < -0.39 is 0 Å². The molecule has 33 heavy (non-hydrogen) atoms. The number of rotatable bonds is 10. The predicted molar refractivity (Wildman–Crippen MR) is 140 cm³/mol. The Bertz CT molecular complexity index is 1100. The molecule has 0 unspecified atom stereocenters. The van der Waals surface area contributed by atoms with E-state index in [0.29, 0.717) is 22.4 Å². The predicted octanol–water partition coefficient (Wildman–Crippen LogP) is 7.89. The fourth-order valence-corrected chi connectivity index (χ4v) is 5.08. The van der Waals surface area contributed by atoms with Crippen molar-refractivity contribution in [1.29, 1.82) is 0 Å². The van der Waals surface area contributed by atoms with Crippen molar-refractivity contribution >= 4 is 46.0 Å². The summed E-state index contributed by atoms with van der Waals surface area (Å²) in [5.74, 6) is 0.834. The third-order valence-corrected chi connectivity index (χ3v) is 7.44. The fourth-order valence-electron chi connectivity index (χ4n) is 4.78. The van der Waals surface area contributed by atoms with E-state index in [0.717, 1.165) is 18.4 Å². The summed E-state index contributed by atoms with van der Waals surface area (Å²) in [5.41, 5.74) is 3.63. The van der Waals surface area contributed by atoms with Crippen molar-refractivity contribution in [3.63, 3.8) is 0 Å². The van der Waals surface area contributed by atoms with Gasteiger partial charge < -0.3 is 9.88 Å². The molecule has 1 N–H and O–H groups in total. The fraction of sp³-hybridized carbons (Fsp3) is 0.393. The smallest absolute Gasteiger partial charge is 0.155 e. The lowest BCUT2D eigenvalue weighted by molar-refractivity contribution is -0.114. The van der Waals surface area contributed by atoms with Crippen LogP contribution in [0.1, 0.15) is 62.0 Å². The molecule has 2 heterocycles. The molecule has 0 saturated carbocycles. The zero-order chi connectivity index (χ0) is 23.0. The van der Waals surface area contributed by atoms with E-state index >= 15 is 0 Å². The summed E-state index contributed by atoms with van der Waals surface area (Å²) >= 11 is 11.9. The van der Waals surface area contributed by atoms with Crippen molar-refractivity contribution in [2.45, 2.75) is 50.9 Å². The van der Waals surface area contributed by atoms with Crippen LogP contribution in [0.3, 0.4) is 0 Å². The zero-order valence-electron chi connectivity index (χ0n) is 19.0. The molecule has 3 aromatic rings. The van der Waals surface area contributed by atoms with Crippen LogP contribution in [0, 0.1) is 0 Å². The number of halogens is 2. The summed E-state index contributed by atoms with van der Waals surface area (Å²) in [6, 6.07) is 14.0. The van der Waals surface area contributed by atoms with E-state index in [1.165, 1.54) is 61.8 Å². The maximum Gasteiger partial charge on any atom is 0.155 e. The lowest BCUT2D eigenvalue weighted by Gasteiger charge is -2.32. The maximum atomic E-state index is 12.1. The summed E-state index contributed by atoms with van der Waals surface area (Å²) in [6.07, 6.45) is 13.2. The van der Waals surface area contributed by atoms with Gasteiger partial charge >= 0.3 is 0 Å². The summed E-state index contributed by atoms with van der Waals surface area (Å²) in [5, 5.41) is 2.42. The van der Waals surface area contributed by atoms with Crippen LogP contribution in [0.4, 0.5) is 0 Å². The SMILES string of the molecule is O=C(/C=C/c1ccc(Cl)c(Cl)c1)CCCCCCN1CCC(c2c[nH]c3ccccc23)CC1. The van der Waals surface area contributed by atoms with Crippen LogP contribution in [0.15, 0.2) is 54.7 Å². The first-order chi connectivity index (χ1) is 16.1. The van der Waals surface area contributed by atoms with Crippen molar-refractivity contribution in [3.05, 3.63) is 75.9 Å². The first-order valence-corrected chi connectivity index (χ1v) is 12.8. The summed E-state index contributed by atoms with van der Waals surface area (Å²) in [6.45, 7) is 3.54. The molecule has 4 rings (SSSR count). The summed E-state index contributed by atoms with van der Waals surface area (Å²) < 4.78 is 0. The molecule has 0 aliphatic carbocycles. The number of H-pyrrole nitrogens is 1. The number of para-hydroxylation sites is 1. The van der Waals surface area contributed by atoms with E-state index in [2.05, 4.69) is 40.3 Å². The van der Waals surface area contributed by atoms with E-state index in [1.807, 2.05) is 12.1 Å². The Balaban J connectivity index is 1.09. The van der Waals surface area contributed by atoms with Gasteiger partial charge in [-0.25, -0.2) is 0 Å². The Hall–Kier alpha value is -2.07. The van der Waals surface area contributed by atoms with Crippen molar-refractivity contribution in [2.24, 2.45) is 0 Å². The zero-order valence-corrected chi connectivity index (χ0v) is 20.5. The van der Waals surface area contributed by atoms with E-state index in [4.69, 9.17) is 23.2 Å². The average Bonchev–Trinajstić information content (AvgIpc) is 3.27. The van der Waals surface area contributed by atoms with Crippen LogP contribution in [0.25, 0.3) is 17.0 Å². The van der Waals surface area contributed by atoms with E-state index in [-0.39, 0.29) is 5.78 Å². The molecule has 174 valence electrons. The minimum Gasteiger partial charge on any atom is -0.361 e. The molecule has 0 amide bonds. The second-order valence-corrected chi connectivity index (χ2v) is 9.86. The number of aromatic amines is 1. The number of hydrogen-bond donors (Lipinski definition) is 1. The Labute approximate surface area is 206 Å². The number of piperidine rings is 1. The van der Waals surface area contributed by atoms with Crippen molar-refractivity contribution in [1.82, 2.24) is 9.88 Å². The number of nitrogens with one attached hydrogen (secondary N) is 1. The maximum absolute atomic E-state index is 12.1. The number of allylic oxidation sites excluding steroid dienone is 1. The molecule has 0 spiro atoms. The number of benzene rings is 2. The van der Waals surface area contributed by atoms with Gasteiger partial charge in [-0.2, -0.15) is 0 Å². The monoisotopic (exact) mass is 482 g/mol. The highest BCUT2D eigenvalue weighted by Crippen LogP contribution is 2.33. The van der Waals surface area contributed by atoms with Crippen LogP contribution < -0.4 is 0 Å². The molecule has 0 radical (unpaired) electrons. The normalized spacial score (nSPS) is 15.6. The van der Waals surface area contributed by atoms with Gasteiger partial charge in [0.1, 0.15) is 0 Å². The quantitative estimate of drug-likeness (QED) is 0.235. The van der Waals surface area contributed by atoms with Crippen molar-refractivity contribution in [2.75, 3.05) is 19.6 Å². The van der Waals surface area contributed by atoms with Gasteiger partial charge in [-0.3, -0.25) is 4.79 Å².